The van der Waals surface area contributed by atoms with E-state index in [0.29, 0.717) is 0 Å². The SMILES string of the molecule is CC1(C)c2ccccc2-c2cc(N(c3ccc(-c4ccccc4)cc3)c3cccc4c3oc3cc(-c5ccccc5)c5ccccc5c34)ccc21. The normalized spacial score (nSPS) is 13.1. The molecule has 0 saturated heterocycles. The van der Waals surface area contributed by atoms with Gasteiger partial charge in [0.05, 0.1) is 5.69 Å². The predicted octanol–water partition coefficient (Wildman–Crippen LogP) is 13.8. The van der Waals surface area contributed by atoms with E-state index in [4.69, 9.17) is 4.42 Å². The molecule has 242 valence electrons. The molecule has 0 radical (unpaired) electrons. The highest BCUT2D eigenvalue weighted by Gasteiger charge is 2.35. The second-order valence-corrected chi connectivity index (χ2v) is 14.1. The summed E-state index contributed by atoms with van der Waals surface area (Å²) in [7, 11) is 0. The van der Waals surface area contributed by atoms with E-state index >= 15 is 0 Å². The van der Waals surface area contributed by atoms with Gasteiger partial charge in [0.1, 0.15) is 5.58 Å². The van der Waals surface area contributed by atoms with Crippen LogP contribution >= 0.6 is 0 Å². The van der Waals surface area contributed by atoms with E-state index in [1.807, 2.05) is 0 Å². The number of nitrogens with zero attached hydrogens (tertiary/aromatic N) is 1. The molecule has 1 aliphatic rings. The van der Waals surface area contributed by atoms with Crippen molar-refractivity contribution in [1.82, 2.24) is 0 Å². The molecule has 1 aliphatic carbocycles. The van der Waals surface area contributed by atoms with Crippen molar-refractivity contribution in [3.8, 4) is 33.4 Å². The predicted molar refractivity (Wildman–Crippen MR) is 214 cm³/mol. The summed E-state index contributed by atoms with van der Waals surface area (Å²) >= 11 is 0. The molecule has 0 spiro atoms. The fourth-order valence-electron chi connectivity index (χ4n) is 8.39. The zero-order valence-corrected chi connectivity index (χ0v) is 28.6. The van der Waals surface area contributed by atoms with Gasteiger partial charge in [-0.3, -0.25) is 0 Å². The first kappa shape index (κ1) is 29.5. The van der Waals surface area contributed by atoms with Crippen LogP contribution in [0, 0.1) is 0 Å². The molecule has 1 heterocycles. The summed E-state index contributed by atoms with van der Waals surface area (Å²) in [5.74, 6) is 0. The average Bonchev–Trinajstić information content (AvgIpc) is 3.68. The van der Waals surface area contributed by atoms with Gasteiger partial charge in [-0.25, -0.2) is 0 Å². The van der Waals surface area contributed by atoms with Crippen LogP contribution in [-0.2, 0) is 5.41 Å². The van der Waals surface area contributed by atoms with Crippen LogP contribution in [0.2, 0.25) is 0 Å². The smallest absolute Gasteiger partial charge is 0.159 e. The van der Waals surface area contributed by atoms with Gasteiger partial charge in [0.15, 0.2) is 5.58 Å². The Hall–Kier alpha value is -6.38. The lowest BCUT2D eigenvalue weighted by molar-refractivity contribution is 0.660. The highest BCUT2D eigenvalue weighted by molar-refractivity contribution is 6.23. The largest absolute Gasteiger partial charge is 0.454 e. The quantitative estimate of drug-likeness (QED) is 0.184. The Morgan fingerprint density at radius 3 is 1.82 bits per heavy atom. The average molecular weight is 654 g/mol. The summed E-state index contributed by atoms with van der Waals surface area (Å²) in [6.07, 6.45) is 0. The molecule has 2 heteroatoms. The van der Waals surface area contributed by atoms with Crippen molar-refractivity contribution in [3.63, 3.8) is 0 Å². The molecule has 0 aliphatic heterocycles. The van der Waals surface area contributed by atoms with Gasteiger partial charge in [-0.1, -0.05) is 153 Å². The van der Waals surface area contributed by atoms with Gasteiger partial charge in [0, 0.05) is 27.6 Å². The maximum atomic E-state index is 7.01. The Morgan fingerprint density at radius 2 is 1.04 bits per heavy atom. The number of furan rings is 1. The van der Waals surface area contributed by atoms with Crippen LogP contribution < -0.4 is 4.90 Å². The standard InChI is InChI=1S/C49H35NO/c1-49(2)43-22-12-11-19-38(43)42-30-36(28-29-44(42)49)50(35-26-24-33(25-27-35)32-14-5-3-6-15-32)45-23-13-21-40-47-39-20-10-9-18-37(39)41(31-46(47)51-48(40)45)34-16-7-4-8-17-34/h3-31H,1-2H3. The van der Waals surface area contributed by atoms with Gasteiger partial charge in [0.25, 0.3) is 0 Å². The fraction of sp³-hybridized carbons (Fsp3) is 0.0612. The molecule has 0 amide bonds. The highest BCUT2D eigenvalue weighted by Crippen LogP contribution is 2.51. The Labute approximate surface area is 297 Å². The molecular weight excluding hydrogens is 619 g/mol. The number of fused-ring (bicyclic) bond motifs is 8. The third-order valence-electron chi connectivity index (χ3n) is 10.9. The van der Waals surface area contributed by atoms with Crippen LogP contribution in [0.1, 0.15) is 25.0 Å². The monoisotopic (exact) mass is 653 g/mol. The van der Waals surface area contributed by atoms with Gasteiger partial charge in [-0.2, -0.15) is 0 Å². The molecule has 0 fully saturated rings. The van der Waals surface area contributed by atoms with E-state index in [2.05, 4.69) is 195 Å². The van der Waals surface area contributed by atoms with Crippen LogP contribution in [0.15, 0.2) is 180 Å². The molecule has 0 bridgehead atoms. The van der Waals surface area contributed by atoms with E-state index < -0.39 is 0 Å². The molecular formula is C49H35NO. The van der Waals surface area contributed by atoms with Crippen molar-refractivity contribution in [1.29, 1.82) is 0 Å². The summed E-state index contributed by atoms with van der Waals surface area (Å²) in [5.41, 5.74) is 14.9. The molecule has 2 nitrogen and oxygen atoms in total. The number of rotatable bonds is 5. The molecule has 0 atom stereocenters. The number of anilines is 3. The van der Waals surface area contributed by atoms with Crippen molar-refractivity contribution in [2.24, 2.45) is 0 Å². The minimum Gasteiger partial charge on any atom is -0.454 e. The highest BCUT2D eigenvalue weighted by atomic mass is 16.3. The second kappa shape index (κ2) is 11.3. The van der Waals surface area contributed by atoms with Crippen molar-refractivity contribution in [2.75, 3.05) is 4.90 Å². The van der Waals surface area contributed by atoms with Crippen LogP contribution in [0.3, 0.4) is 0 Å². The zero-order valence-electron chi connectivity index (χ0n) is 28.6. The lowest BCUT2D eigenvalue weighted by Crippen LogP contribution is -2.15. The summed E-state index contributed by atoms with van der Waals surface area (Å²) < 4.78 is 7.01. The number of hydrogen-bond donors (Lipinski definition) is 0. The van der Waals surface area contributed by atoms with Crippen LogP contribution in [0.25, 0.3) is 66.1 Å². The van der Waals surface area contributed by atoms with Crippen molar-refractivity contribution in [2.45, 2.75) is 19.3 Å². The van der Waals surface area contributed by atoms with Crippen LogP contribution in [0.5, 0.6) is 0 Å². The van der Waals surface area contributed by atoms with E-state index in [0.717, 1.165) is 39.0 Å². The third-order valence-corrected chi connectivity index (χ3v) is 10.9. The van der Waals surface area contributed by atoms with Gasteiger partial charge in [-0.05, 0) is 91.7 Å². The summed E-state index contributed by atoms with van der Waals surface area (Å²) in [6.45, 7) is 4.67. The number of hydrogen-bond acceptors (Lipinski definition) is 2. The van der Waals surface area contributed by atoms with E-state index in [1.54, 1.807) is 0 Å². The van der Waals surface area contributed by atoms with Crippen molar-refractivity contribution in [3.05, 3.63) is 187 Å². The van der Waals surface area contributed by atoms with E-state index in [9.17, 15) is 0 Å². The summed E-state index contributed by atoms with van der Waals surface area (Å²) in [4.78, 5) is 2.37. The van der Waals surface area contributed by atoms with Crippen molar-refractivity contribution < 1.29 is 4.42 Å². The Kier molecular flexibility index (Phi) is 6.56. The fourth-order valence-corrected chi connectivity index (χ4v) is 8.39. The minimum absolute atomic E-state index is 0.0666. The topological polar surface area (TPSA) is 16.4 Å². The van der Waals surface area contributed by atoms with E-state index in [1.165, 1.54) is 55.3 Å². The molecule has 1 aromatic heterocycles. The number of para-hydroxylation sites is 1. The Bertz CT molecular complexity index is 2760. The molecule has 0 unspecified atom stereocenters. The van der Waals surface area contributed by atoms with Gasteiger partial charge in [-0.15, -0.1) is 0 Å². The van der Waals surface area contributed by atoms with Crippen LogP contribution in [0.4, 0.5) is 17.1 Å². The molecule has 10 rings (SSSR count). The molecule has 9 aromatic rings. The van der Waals surface area contributed by atoms with E-state index in [-0.39, 0.29) is 5.41 Å². The third kappa shape index (κ3) is 4.57. The summed E-state index contributed by atoms with van der Waals surface area (Å²) in [6, 6.07) is 63.4. The van der Waals surface area contributed by atoms with Gasteiger partial charge in [0.2, 0.25) is 0 Å². The number of benzene rings is 8. The Balaban J connectivity index is 1.22. The minimum atomic E-state index is -0.0666. The first-order valence-corrected chi connectivity index (χ1v) is 17.7. The Morgan fingerprint density at radius 1 is 0.431 bits per heavy atom. The maximum absolute atomic E-state index is 7.01. The lowest BCUT2D eigenvalue weighted by atomic mass is 9.82. The first-order chi connectivity index (χ1) is 25.1. The molecule has 0 N–H and O–H groups in total. The van der Waals surface area contributed by atoms with Gasteiger partial charge >= 0.3 is 0 Å². The lowest BCUT2D eigenvalue weighted by Gasteiger charge is -2.27. The molecule has 0 saturated carbocycles. The second-order valence-electron chi connectivity index (χ2n) is 14.1. The molecule has 8 aromatic carbocycles. The first-order valence-electron chi connectivity index (χ1n) is 17.7. The summed E-state index contributed by atoms with van der Waals surface area (Å²) in [5, 5.41) is 4.67. The van der Waals surface area contributed by atoms with Gasteiger partial charge < -0.3 is 9.32 Å². The van der Waals surface area contributed by atoms with Crippen molar-refractivity contribution >= 4 is 49.8 Å². The molecule has 51 heavy (non-hydrogen) atoms. The maximum Gasteiger partial charge on any atom is 0.159 e. The van der Waals surface area contributed by atoms with Crippen LogP contribution in [-0.4, -0.2) is 0 Å². The zero-order chi connectivity index (χ0) is 34.1.